The summed E-state index contributed by atoms with van der Waals surface area (Å²) in [6.45, 7) is 2.66. The highest BCUT2D eigenvalue weighted by Crippen LogP contribution is 2.22. The second-order valence-electron chi connectivity index (χ2n) is 4.96. The van der Waals surface area contributed by atoms with Crippen LogP contribution in [0.1, 0.15) is 23.7 Å². The molecule has 0 aliphatic rings. The summed E-state index contributed by atoms with van der Waals surface area (Å²) < 4.78 is 3.77. The van der Waals surface area contributed by atoms with Crippen molar-refractivity contribution in [1.29, 1.82) is 5.26 Å². The van der Waals surface area contributed by atoms with Crippen molar-refractivity contribution in [3.63, 3.8) is 0 Å². The van der Waals surface area contributed by atoms with Crippen LogP contribution in [0.15, 0.2) is 24.3 Å². The number of hydrogen-bond acceptors (Lipinski definition) is 4. The highest BCUT2D eigenvalue weighted by atomic mass is 15.3. The van der Waals surface area contributed by atoms with Gasteiger partial charge in [-0.3, -0.25) is 9.25 Å². The third-order valence-corrected chi connectivity index (χ3v) is 3.58. The van der Waals surface area contributed by atoms with Crippen LogP contribution in [0.5, 0.6) is 0 Å². The van der Waals surface area contributed by atoms with E-state index in [2.05, 4.69) is 23.1 Å². The number of nitrogens with two attached hydrogens (primary N) is 1. The van der Waals surface area contributed by atoms with Crippen LogP contribution in [-0.4, -0.2) is 19.3 Å². The van der Waals surface area contributed by atoms with Gasteiger partial charge in [0.15, 0.2) is 5.65 Å². The molecule has 2 aromatic heterocycles. The van der Waals surface area contributed by atoms with Gasteiger partial charge in [0.2, 0.25) is 5.95 Å². The van der Waals surface area contributed by atoms with E-state index >= 15 is 0 Å². The third-order valence-electron chi connectivity index (χ3n) is 3.58. The molecule has 6 heteroatoms. The Labute approximate surface area is 122 Å². The van der Waals surface area contributed by atoms with Gasteiger partial charge >= 0.3 is 0 Å². The minimum absolute atomic E-state index is 0.483. The van der Waals surface area contributed by atoms with Crippen LogP contribution in [-0.2, 0) is 20.0 Å². The molecule has 0 amide bonds. The number of hydrogen-bond donors (Lipinski definition) is 1. The first-order chi connectivity index (χ1) is 10.1. The van der Waals surface area contributed by atoms with E-state index < -0.39 is 0 Å². The molecule has 0 saturated heterocycles. The fourth-order valence-corrected chi connectivity index (χ4v) is 2.52. The number of anilines is 1. The summed E-state index contributed by atoms with van der Waals surface area (Å²) in [6, 6.07) is 9.59. The van der Waals surface area contributed by atoms with E-state index in [0.717, 1.165) is 28.8 Å². The van der Waals surface area contributed by atoms with Crippen molar-refractivity contribution < 1.29 is 0 Å². The fraction of sp³-hybridized carbons (Fsp3) is 0.267. The van der Waals surface area contributed by atoms with Gasteiger partial charge in [-0.2, -0.15) is 10.4 Å². The molecule has 0 aliphatic carbocycles. The molecule has 0 fully saturated rings. The zero-order valence-corrected chi connectivity index (χ0v) is 12.0. The number of imidazole rings is 1. The Balaban J connectivity index is 2.05. The zero-order valence-electron chi connectivity index (χ0n) is 12.0. The molecule has 1 aromatic carbocycles. The normalized spacial score (nSPS) is 10.9. The molecule has 3 rings (SSSR count). The Morgan fingerprint density at radius 2 is 2.00 bits per heavy atom. The van der Waals surface area contributed by atoms with E-state index in [1.165, 1.54) is 0 Å². The minimum Gasteiger partial charge on any atom is -0.369 e. The standard InChI is InChI=1S/C15H16N6/c1-3-12-13-14(20(2)19-12)21(15(17)18-13)9-11-6-4-10(8-16)5-7-11/h4-7H,3,9H2,1-2H3,(H2,17,18). The van der Waals surface area contributed by atoms with Gasteiger partial charge in [-0.25, -0.2) is 4.98 Å². The number of aryl methyl sites for hydroxylation is 2. The number of rotatable bonds is 3. The van der Waals surface area contributed by atoms with E-state index in [-0.39, 0.29) is 0 Å². The first-order valence-electron chi connectivity index (χ1n) is 6.80. The molecule has 0 atom stereocenters. The van der Waals surface area contributed by atoms with Crippen LogP contribution in [0, 0.1) is 11.3 Å². The Morgan fingerprint density at radius 3 is 2.62 bits per heavy atom. The molecule has 106 valence electrons. The second kappa shape index (κ2) is 4.94. The SMILES string of the molecule is CCc1nn(C)c2c1nc(N)n2Cc1ccc(C#N)cc1. The summed E-state index contributed by atoms with van der Waals surface area (Å²) in [6.07, 6.45) is 0.824. The van der Waals surface area contributed by atoms with Gasteiger partial charge in [0.05, 0.1) is 23.9 Å². The van der Waals surface area contributed by atoms with Crippen molar-refractivity contribution in [3.05, 3.63) is 41.1 Å². The first-order valence-corrected chi connectivity index (χ1v) is 6.80. The van der Waals surface area contributed by atoms with Crippen LogP contribution in [0.2, 0.25) is 0 Å². The highest BCUT2D eigenvalue weighted by Gasteiger charge is 2.16. The lowest BCUT2D eigenvalue weighted by Crippen LogP contribution is -2.08. The van der Waals surface area contributed by atoms with Crippen molar-refractivity contribution in [2.75, 3.05) is 5.73 Å². The molecular formula is C15H16N6. The van der Waals surface area contributed by atoms with Crippen LogP contribution in [0.25, 0.3) is 11.2 Å². The average molecular weight is 280 g/mol. The number of benzene rings is 1. The van der Waals surface area contributed by atoms with Crippen molar-refractivity contribution in [2.24, 2.45) is 7.05 Å². The lowest BCUT2D eigenvalue weighted by Gasteiger charge is -2.07. The zero-order chi connectivity index (χ0) is 15.0. The van der Waals surface area contributed by atoms with E-state index in [4.69, 9.17) is 11.0 Å². The average Bonchev–Trinajstić information content (AvgIpc) is 2.98. The molecule has 0 bridgehead atoms. The molecule has 0 unspecified atom stereocenters. The van der Waals surface area contributed by atoms with Crippen molar-refractivity contribution in [1.82, 2.24) is 19.3 Å². The highest BCUT2D eigenvalue weighted by molar-refractivity contribution is 5.77. The Kier molecular flexibility index (Phi) is 3.10. The molecular weight excluding hydrogens is 264 g/mol. The number of nitriles is 1. The van der Waals surface area contributed by atoms with Crippen molar-refractivity contribution in [2.45, 2.75) is 19.9 Å². The van der Waals surface area contributed by atoms with Gasteiger partial charge in [-0.15, -0.1) is 0 Å². The molecule has 2 heterocycles. The van der Waals surface area contributed by atoms with E-state index in [1.54, 1.807) is 12.1 Å². The van der Waals surface area contributed by atoms with Gasteiger partial charge in [-0.1, -0.05) is 19.1 Å². The summed E-state index contributed by atoms with van der Waals surface area (Å²) in [5, 5.41) is 13.3. The summed E-state index contributed by atoms with van der Waals surface area (Å²) in [7, 11) is 1.90. The predicted molar refractivity (Wildman–Crippen MR) is 80.5 cm³/mol. The Bertz CT molecular complexity index is 832. The summed E-state index contributed by atoms with van der Waals surface area (Å²) in [5.74, 6) is 0.483. The van der Waals surface area contributed by atoms with Crippen LogP contribution in [0.3, 0.4) is 0 Å². The second-order valence-corrected chi connectivity index (χ2v) is 4.96. The predicted octanol–water partition coefficient (Wildman–Crippen LogP) is 1.83. The number of aromatic nitrogens is 4. The van der Waals surface area contributed by atoms with Crippen molar-refractivity contribution in [3.8, 4) is 6.07 Å². The molecule has 0 radical (unpaired) electrons. The maximum atomic E-state index is 8.84. The molecule has 3 aromatic rings. The lowest BCUT2D eigenvalue weighted by molar-refractivity contribution is 0.719. The minimum atomic E-state index is 0.483. The third kappa shape index (κ3) is 2.13. The number of nitrogen functional groups attached to an aromatic ring is 1. The van der Waals surface area contributed by atoms with Gasteiger partial charge in [0, 0.05) is 7.05 Å². The summed E-state index contributed by atoms with van der Waals surface area (Å²) in [5.41, 5.74) is 10.5. The van der Waals surface area contributed by atoms with Gasteiger partial charge in [0.1, 0.15) is 5.52 Å². The molecule has 2 N–H and O–H groups in total. The maximum Gasteiger partial charge on any atom is 0.202 e. The lowest BCUT2D eigenvalue weighted by atomic mass is 10.1. The van der Waals surface area contributed by atoms with Gasteiger partial charge in [0.25, 0.3) is 0 Å². The topological polar surface area (TPSA) is 85.5 Å². The largest absolute Gasteiger partial charge is 0.369 e. The molecule has 6 nitrogen and oxygen atoms in total. The van der Waals surface area contributed by atoms with E-state index in [0.29, 0.717) is 18.1 Å². The molecule has 0 saturated carbocycles. The van der Waals surface area contributed by atoms with E-state index in [9.17, 15) is 0 Å². The molecule has 0 spiro atoms. The maximum absolute atomic E-state index is 8.84. The Hall–Kier alpha value is -2.81. The van der Waals surface area contributed by atoms with Crippen molar-refractivity contribution >= 4 is 17.1 Å². The van der Waals surface area contributed by atoms with Gasteiger partial charge < -0.3 is 5.73 Å². The smallest absolute Gasteiger partial charge is 0.202 e. The first kappa shape index (κ1) is 13.2. The Morgan fingerprint density at radius 1 is 1.29 bits per heavy atom. The summed E-state index contributed by atoms with van der Waals surface area (Å²) >= 11 is 0. The van der Waals surface area contributed by atoms with Crippen LogP contribution in [0.4, 0.5) is 5.95 Å². The number of nitrogens with zero attached hydrogens (tertiary/aromatic N) is 5. The van der Waals surface area contributed by atoms with Crippen LogP contribution >= 0.6 is 0 Å². The molecule has 21 heavy (non-hydrogen) atoms. The number of fused-ring (bicyclic) bond motifs is 1. The summed E-state index contributed by atoms with van der Waals surface area (Å²) in [4.78, 5) is 4.44. The van der Waals surface area contributed by atoms with E-state index in [1.807, 2.05) is 28.4 Å². The molecule has 0 aliphatic heterocycles. The quantitative estimate of drug-likeness (QED) is 0.793. The fourth-order valence-electron chi connectivity index (χ4n) is 2.52. The van der Waals surface area contributed by atoms with Gasteiger partial charge in [-0.05, 0) is 24.1 Å². The van der Waals surface area contributed by atoms with Crippen LogP contribution < -0.4 is 5.73 Å². The monoisotopic (exact) mass is 280 g/mol.